The summed E-state index contributed by atoms with van der Waals surface area (Å²) >= 11 is 1.26. The first-order valence-corrected chi connectivity index (χ1v) is 9.32. The molecule has 2 aromatic rings. The van der Waals surface area contributed by atoms with E-state index in [0.29, 0.717) is 5.16 Å². The largest absolute Gasteiger partial charge is 0.337 e. The van der Waals surface area contributed by atoms with Crippen LogP contribution in [0.3, 0.4) is 0 Å². The minimum atomic E-state index is -0.911. The normalized spacial score (nSPS) is 14.5. The minimum absolute atomic E-state index is 0.00509. The van der Waals surface area contributed by atoms with Gasteiger partial charge in [-0.15, -0.1) is 5.10 Å². The molecule has 2 unspecified atom stereocenters. The average molecular weight is 372 g/mol. The molecule has 0 aliphatic heterocycles. The van der Waals surface area contributed by atoms with Crippen molar-refractivity contribution in [1.29, 1.82) is 5.26 Å². The van der Waals surface area contributed by atoms with Gasteiger partial charge in [0.05, 0.1) is 17.0 Å². The van der Waals surface area contributed by atoms with Crippen LogP contribution in [0.15, 0.2) is 23.4 Å². The van der Waals surface area contributed by atoms with Gasteiger partial charge in [-0.25, -0.2) is 0 Å². The Morgan fingerprint density at radius 2 is 2.00 bits per heavy atom. The van der Waals surface area contributed by atoms with Gasteiger partial charge in [-0.05, 0) is 67.3 Å². The molecule has 2 atom stereocenters. The first kappa shape index (κ1) is 19.9. The van der Waals surface area contributed by atoms with E-state index in [2.05, 4.69) is 26.9 Å². The van der Waals surface area contributed by atoms with Crippen LogP contribution in [0.5, 0.6) is 0 Å². The standard InChI is InChI=1S/C18H24N6OS/c1-11(2)18(6,10-19)20-16(25)14(5)26-17-21-22-23-24(17)15-8-7-12(3)13(4)9-15/h7-9,11,14H,1-6H3,(H,20,25). The highest BCUT2D eigenvalue weighted by atomic mass is 32.2. The Kier molecular flexibility index (Phi) is 6.03. The predicted octanol–water partition coefficient (Wildman–Crippen LogP) is 2.81. The molecule has 0 spiro atoms. The van der Waals surface area contributed by atoms with Crippen LogP contribution in [0.25, 0.3) is 5.69 Å². The van der Waals surface area contributed by atoms with E-state index in [1.165, 1.54) is 17.3 Å². The highest BCUT2D eigenvalue weighted by molar-refractivity contribution is 8.00. The SMILES string of the molecule is Cc1ccc(-n2nnnc2SC(C)C(=O)NC(C)(C#N)C(C)C)cc1C. The van der Waals surface area contributed by atoms with Gasteiger partial charge >= 0.3 is 0 Å². The van der Waals surface area contributed by atoms with Crippen LogP contribution in [0.2, 0.25) is 0 Å². The smallest absolute Gasteiger partial charge is 0.234 e. The summed E-state index contributed by atoms with van der Waals surface area (Å²) in [6.07, 6.45) is 0. The molecule has 0 saturated heterocycles. The molecule has 0 aliphatic carbocycles. The third-order valence-corrected chi connectivity index (χ3v) is 5.63. The second kappa shape index (κ2) is 7.87. The second-order valence-electron chi connectivity index (χ2n) is 6.86. The highest BCUT2D eigenvalue weighted by Gasteiger charge is 2.32. The predicted molar refractivity (Wildman–Crippen MR) is 101 cm³/mol. The number of amides is 1. The summed E-state index contributed by atoms with van der Waals surface area (Å²) in [6.45, 7) is 11.4. The number of rotatable bonds is 6. The van der Waals surface area contributed by atoms with Gasteiger partial charge < -0.3 is 5.32 Å². The molecular weight excluding hydrogens is 348 g/mol. The van der Waals surface area contributed by atoms with Crippen molar-refractivity contribution in [3.05, 3.63) is 29.3 Å². The van der Waals surface area contributed by atoms with Gasteiger partial charge in [-0.2, -0.15) is 9.94 Å². The zero-order chi connectivity index (χ0) is 19.5. The number of nitrogens with zero attached hydrogens (tertiary/aromatic N) is 5. The Labute approximate surface area is 158 Å². The first-order valence-electron chi connectivity index (χ1n) is 8.44. The summed E-state index contributed by atoms with van der Waals surface area (Å²) in [5.41, 5.74) is 2.26. The fourth-order valence-electron chi connectivity index (χ4n) is 2.14. The van der Waals surface area contributed by atoms with E-state index in [9.17, 15) is 10.1 Å². The summed E-state index contributed by atoms with van der Waals surface area (Å²) in [5.74, 6) is -0.225. The molecule has 1 heterocycles. The zero-order valence-corrected chi connectivity index (χ0v) is 16.8. The topological polar surface area (TPSA) is 96.5 Å². The van der Waals surface area contributed by atoms with E-state index >= 15 is 0 Å². The number of benzene rings is 1. The molecule has 2 rings (SSSR count). The van der Waals surface area contributed by atoms with Crippen molar-refractivity contribution in [2.45, 2.75) is 57.5 Å². The minimum Gasteiger partial charge on any atom is -0.337 e. The molecule has 1 aromatic heterocycles. The van der Waals surface area contributed by atoms with Gasteiger partial charge in [0.1, 0.15) is 5.54 Å². The number of tetrazole rings is 1. The van der Waals surface area contributed by atoms with Crippen molar-refractivity contribution in [2.75, 3.05) is 0 Å². The molecule has 8 heteroatoms. The van der Waals surface area contributed by atoms with E-state index in [1.807, 2.05) is 45.9 Å². The highest BCUT2D eigenvalue weighted by Crippen LogP contribution is 2.25. The lowest BCUT2D eigenvalue weighted by molar-refractivity contribution is -0.121. The molecule has 1 N–H and O–H groups in total. The van der Waals surface area contributed by atoms with Crippen LogP contribution in [0.4, 0.5) is 0 Å². The van der Waals surface area contributed by atoms with E-state index in [-0.39, 0.29) is 11.8 Å². The quantitative estimate of drug-likeness (QED) is 0.783. The van der Waals surface area contributed by atoms with Crippen LogP contribution in [0.1, 0.15) is 38.8 Å². The average Bonchev–Trinajstić information content (AvgIpc) is 3.05. The Morgan fingerprint density at radius 1 is 1.31 bits per heavy atom. The van der Waals surface area contributed by atoms with Crippen LogP contribution < -0.4 is 5.32 Å². The molecule has 0 aliphatic rings. The molecule has 0 radical (unpaired) electrons. The molecule has 1 aromatic carbocycles. The number of hydrogen-bond acceptors (Lipinski definition) is 6. The Hall–Kier alpha value is -2.40. The lowest BCUT2D eigenvalue weighted by Gasteiger charge is -2.28. The third kappa shape index (κ3) is 4.22. The summed E-state index contributed by atoms with van der Waals surface area (Å²) in [7, 11) is 0. The molecule has 0 bridgehead atoms. The lowest BCUT2D eigenvalue weighted by Crippen LogP contribution is -2.51. The van der Waals surface area contributed by atoms with Crippen molar-refractivity contribution in [3.8, 4) is 11.8 Å². The number of aryl methyl sites for hydroxylation is 2. The summed E-state index contributed by atoms with van der Waals surface area (Å²) in [4.78, 5) is 12.5. The van der Waals surface area contributed by atoms with E-state index in [4.69, 9.17) is 0 Å². The van der Waals surface area contributed by atoms with Crippen LogP contribution >= 0.6 is 11.8 Å². The Bertz CT molecular complexity index is 840. The van der Waals surface area contributed by atoms with Gasteiger partial charge in [0, 0.05) is 0 Å². The fourth-order valence-corrected chi connectivity index (χ4v) is 2.95. The molecule has 1 amide bonds. The summed E-state index contributed by atoms with van der Waals surface area (Å²) in [5, 5.41) is 24.1. The maximum atomic E-state index is 12.5. The van der Waals surface area contributed by atoms with Crippen LogP contribution in [-0.2, 0) is 4.79 Å². The van der Waals surface area contributed by atoms with Crippen LogP contribution in [-0.4, -0.2) is 36.9 Å². The first-order chi connectivity index (χ1) is 12.2. The number of aromatic nitrogens is 4. The molecule has 26 heavy (non-hydrogen) atoms. The molecular formula is C18H24N6OS. The van der Waals surface area contributed by atoms with E-state index < -0.39 is 10.8 Å². The fraction of sp³-hybridized carbons (Fsp3) is 0.500. The van der Waals surface area contributed by atoms with E-state index in [1.54, 1.807) is 18.5 Å². The van der Waals surface area contributed by atoms with Gasteiger partial charge in [0.25, 0.3) is 0 Å². The lowest BCUT2D eigenvalue weighted by atomic mass is 9.90. The Morgan fingerprint density at radius 3 is 2.58 bits per heavy atom. The number of thioether (sulfide) groups is 1. The van der Waals surface area contributed by atoms with Gasteiger partial charge in [0.2, 0.25) is 11.1 Å². The molecule has 138 valence electrons. The molecule has 7 nitrogen and oxygen atoms in total. The Balaban J connectivity index is 2.17. The number of carbonyl (C=O) groups excluding carboxylic acids is 1. The third-order valence-electron chi connectivity index (χ3n) is 4.60. The van der Waals surface area contributed by atoms with Crippen molar-refractivity contribution < 1.29 is 4.79 Å². The zero-order valence-electron chi connectivity index (χ0n) is 15.9. The van der Waals surface area contributed by atoms with Gasteiger partial charge in [-0.1, -0.05) is 31.7 Å². The number of nitriles is 1. The number of nitrogens with one attached hydrogen (secondary N) is 1. The van der Waals surface area contributed by atoms with E-state index in [0.717, 1.165) is 11.3 Å². The number of hydrogen-bond donors (Lipinski definition) is 1. The van der Waals surface area contributed by atoms with Crippen molar-refractivity contribution in [3.63, 3.8) is 0 Å². The van der Waals surface area contributed by atoms with Gasteiger partial charge in [-0.3, -0.25) is 4.79 Å². The number of carbonyl (C=O) groups is 1. The second-order valence-corrected chi connectivity index (χ2v) is 8.17. The van der Waals surface area contributed by atoms with Crippen molar-refractivity contribution in [1.82, 2.24) is 25.5 Å². The van der Waals surface area contributed by atoms with Crippen molar-refractivity contribution >= 4 is 17.7 Å². The summed E-state index contributed by atoms with van der Waals surface area (Å²) < 4.78 is 1.62. The summed E-state index contributed by atoms with van der Waals surface area (Å²) in [6, 6.07) is 8.15. The maximum Gasteiger partial charge on any atom is 0.234 e. The monoisotopic (exact) mass is 372 g/mol. The van der Waals surface area contributed by atoms with Crippen molar-refractivity contribution in [2.24, 2.45) is 5.92 Å². The van der Waals surface area contributed by atoms with Crippen LogP contribution in [0, 0.1) is 31.1 Å². The van der Waals surface area contributed by atoms with Gasteiger partial charge in [0.15, 0.2) is 0 Å². The molecule has 0 fully saturated rings. The maximum absolute atomic E-state index is 12.5. The molecule has 0 saturated carbocycles.